The average Bonchev–Trinajstić information content (AvgIpc) is 3.24. The molecule has 0 bridgehead atoms. The summed E-state index contributed by atoms with van der Waals surface area (Å²) in [6.07, 6.45) is 11.6. The van der Waals surface area contributed by atoms with Gasteiger partial charge in [-0.3, -0.25) is 9.78 Å². The Balaban J connectivity index is 1.40. The Morgan fingerprint density at radius 3 is 2.24 bits per heavy atom. The molecule has 1 aromatic carbocycles. The molecule has 2 aromatic rings. The van der Waals surface area contributed by atoms with Crippen molar-refractivity contribution >= 4 is 28.9 Å². The number of piperidine rings is 1. The standard InChI is InChI=1S/C23H28N4OS/c28-21(27-16-4-1-5-17-27)18-6-8-20(9-7-18)25-22(29)26-23(12-2-3-13-23)19-10-14-24-15-11-19/h6-11,14-15H,1-5,12-13,16-17H2,(H2,25,26,29). The SMILES string of the molecule is O=C(c1ccc(NC(=S)NC2(c3ccncc3)CCCC2)cc1)N1CCCCC1. The van der Waals surface area contributed by atoms with Crippen molar-refractivity contribution in [1.29, 1.82) is 0 Å². The maximum atomic E-state index is 12.6. The largest absolute Gasteiger partial charge is 0.353 e. The van der Waals surface area contributed by atoms with E-state index in [0.29, 0.717) is 5.11 Å². The number of pyridine rings is 1. The third-order valence-corrected chi connectivity index (χ3v) is 6.28. The van der Waals surface area contributed by atoms with Gasteiger partial charge in [0.1, 0.15) is 0 Å². The van der Waals surface area contributed by atoms with Crippen molar-refractivity contribution in [2.45, 2.75) is 50.5 Å². The Bertz CT molecular complexity index is 841. The van der Waals surface area contributed by atoms with Crippen molar-refractivity contribution in [2.24, 2.45) is 0 Å². The summed E-state index contributed by atoms with van der Waals surface area (Å²) in [6, 6.07) is 11.8. The Morgan fingerprint density at radius 1 is 0.931 bits per heavy atom. The van der Waals surface area contributed by atoms with Gasteiger partial charge in [-0.2, -0.15) is 0 Å². The Hall–Kier alpha value is -2.47. The molecule has 4 rings (SSSR count). The third kappa shape index (κ3) is 4.58. The van der Waals surface area contributed by atoms with Crippen molar-refractivity contribution in [3.8, 4) is 0 Å². The van der Waals surface area contributed by atoms with E-state index < -0.39 is 0 Å². The van der Waals surface area contributed by atoms with Crippen molar-refractivity contribution in [1.82, 2.24) is 15.2 Å². The molecule has 2 fully saturated rings. The number of anilines is 1. The number of carbonyl (C=O) groups excluding carboxylic acids is 1. The van der Waals surface area contributed by atoms with Crippen LogP contribution in [-0.4, -0.2) is 34.0 Å². The van der Waals surface area contributed by atoms with Crippen molar-refractivity contribution in [2.75, 3.05) is 18.4 Å². The fourth-order valence-corrected chi connectivity index (χ4v) is 4.80. The number of rotatable bonds is 4. The Labute approximate surface area is 177 Å². The molecule has 2 aliphatic rings. The first-order chi connectivity index (χ1) is 14.2. The third-order valence-electron chi connectivity index (χ3n) is 6.08. The number of nitrogens with one attached hydrogen (secondary N) is 2. The zero-order chi connectivity index (χ0) is 20.1. The molecule has 29 heavy (non-hydrogen) atoms. The van der Waals surface area contributed by atoms with Gasteiger partial charge >= 0.3 is 0 Å². The highest BCUT2D eigenvalue weighted by atomic mass is 32.1. The van der Waals surface area contributed by atoms with Crippen molar-refractivity contribution in [3.05, 3.63) is 59.9 Å². The van der Waals surface area contributed by atoms with E-state index in [1.54, 1.807) is 0 Å². The molecule has 0 unspecified atom stereocenters. The van der Waals surface area contributed by atoms with Gasteiger partial charge in [0, 0.05) is 36.7 Å². The molecule has 6 heteroatoms. The minimum Gasteiger partial charge on any atom is -0.353 e. The van der Waals surface area contributed by atoms with E-state index >= 15 is 0 Å². The highest BCUT2D eigenvalue weighted by Gasteiger charge is 2.36. The van der Waals surface area contributed by atoms with Crippen LogP contribution in [0.15, 0.2) is 48.8 Å². The molecule has 2 N–H and O–H groups in total. The first kappa shape index (κ1) is 19.8. The molecule has 1 saturated heterocycles. The van der Waals surface area contributed by atoms with Gasteiger partial charge in [0.15, 0.2) is 5.11 Å². The van der Waals surface area contributed by atoms with E-state index in [9.17, 15) is 4.79 Å². The summed E-state index contributed by atoms with van der Waals surface area (Å²) in [4.78, 5) is 18.7. The molecule has 1 saturated carbocycles. The summed E-state index contributed by atoms with van der Waals surface area (Å²) in [5.74, 6) is 0.125. The van der Waals surface area contributed by atoms with E-state index in [1.165, 1.54) is 24.8 Å². The molecule has 1 aromatic heterocycles. The van der Waals surface area contributed by atoms with Crippen LogP contribution in [0.1, 0.15) is 60.9 Å². The Morgan fingerprint density at radius 2 is 1.59 bits per heavy atom. The van der Waals surface area contributed by atoms with E-state index in [4.69, 9.17) is 12.2 Å². The number of carbonyl (C=O) groups is 1. The summed E-state index contributed by atoms with van der Waals surface area (Å²) in [5.41, 5.74) is 2.73. The highest BCUT2D eigenvalue weighted by molar-refractivity contribution is 7.80. The normalized spacial score (nSPS) is 18.3. The van der Waals surface area contributed by atoms with E-state index in [0.717, 1.165) is 50.0 Å². The van der Waals surface area contributed by atoms with Crippen LogP contribution in [0.4, 0.5) is 5.69 Å². The van der Waals surface area contributed by atoms with Crippen LogP contribution in [0.2, 0.25) is 0 Å². The van der Waals surface area contributed by atoms with Crippen LogP contribution in [0.25, 0.3) is 0 Å². The zero-order valence-corrected chi connectivity index (χ0v) is 17.5. The molecule has 0 radical (unpaired) electrons. The lowest BCUT2D eigenvalue weighted by molar-refractivity contribution is 0.0724. The number of amides is 1. The predicted octanol–water partition coefficient (Wildman–Crippen LogP) is 4.46. The first-order valence-electron chi connectivity index (χ1n) is 10.6. The molecular weight excluding hydrogens is 380 g/mol. The van der Waals surface area contributed by atoms with E-state index in [1.807, 2.05) is 41.6 Å². The molecule has 152 valence electrons. The topological polar surface area (TPSA) is 57.3 Å². The van der Waals surface area contributed by atoms with Gasteiger partial charge in [0.05, 0.1) is 5.54 Å². The van der Waals surface area contributed by atoms with Gasteiger partial charge in [-0.1, -0.05) is 12.8 Å². The van der Waals surface area contributed by atoms with Gasteiger partial charge in [-0.15, -0.1) is 0 Å². The summed E-state index contributed by atoms with van der Waals surface area (Å²) in [5, 5.41) is 7.46. The lowest BCUT2D eigenvalue weighted by atomic mass is 9.89. The van der Waals surface area contributed by atoms with Gasteiger partial charge < -0.3 is 15.5 Å². The number of hydrogen-bond donors (Lipinski definition) is 2. The van der Waals surface area contributed by atoms with Crippen LogP contribution < -0.4 is 10.6 Å². The number of hydrogen-bond acceptors (Lipinski definition) is 3. The van der Waals surface area contributed by atoms with Crippen LogP contribution in [0.3, 0.4) is 0 Å². The predicted molar refractivity (Wildman–Crippen MR) is 120 cm³/mol. The average molecular weight is 409 g/mol. The maximum Gasteiger partial charge on any atom is 0.253 e. The number of benzene rings is 1. The molecule has 0 atom stereocenters. The molecule has 1 amide bonds. The maximum absolute atomic E-state index is 12.6. The fourth-order valence-electron chi connectivity index (χ4n) is 4.49. The van der Waals surface area contributed by atoms with Crippen molar-refractivity contribution < 1.29 is 4.79 Å². The molecule has 5 nitrogen and oxygen atoms in total. The van der Waals surface area contributed by atoms with E-state index in [2.05, 4.69) is 27.8 Å². The lowest BCUT2D eigenvalue weighted by Gasteiger charge is -2.32. The summed E-state index contributed by atoms with van der Waals surface area (Å²) >= 11 is 5.62. The molecule has 1 aliphatic carbocycles. The van der Waals surface area contributed by atoms with Gasteiger partial charge in [-0.05, 0) is 86.3 Å². The molecule has 1 aliphatic heterocycles. The summed E-state index contributed by atoms with van der Waals surface area (Å²) in [6.45, 7) is 1.73. The molecule has 2 heterocycles. The second kappa shape index (κ2) is 8.91. The monoisotopic (exact) mass is 408 g/mol. The first-order valence-corrected chi connectivity index (χ1v) is 11.0. The van der Waals surface area contributed by atoms with Gasteiger partial charge in [0.2, 0.25) is 0 Å². The van der Waals surface area contributed by atoms with Gasteiger partial charge in [0.25, 0.3) is 5.91 Å². The fraction of sp³-hybridized carbons (Fsp3) is 0.435. The molecule has 0 spiro atoms. The van der Waals surface area contributed by atoms with E-state index in [-0.39, 0.29) is 11.4 Å². The zero-order valence-electron chi connectivity index (χ0n) is 16.7. The summed E-state index contributed by atoms with van der Waals surface area (Å²) < 4.78 is 0. The minimum absolute atomic E-state index is 0.125. The second-order valence-corrected chi connectivity index (χ2v) is 8.44. The smallest absolute Gasteiger partial charge is 0.253 e. The van der Waals surface area contributed by atoms with Crippen LogP contribution in [-0.2, 0) is 5.54 Å². The minimum atomic E-state index is -0.128. The van der Waals surface area contributed by atoms with Crippen LogP contribution in [0.5, 0.6) is 0 Å². The number of likely N-dealkylation sites (tertiary alicyclic amines) is 1. The van der Waals surface area contributed by atoms with Gasteiger partial charge in [-0.25, -0.2) is 0 Å². The number of thiocarbonyl (C=S) groups is 1. The number of aromatic nitrogens is 1. The van der Waals surface area contributed by atoms with Crippen molar-refractivity contribution in [3.63, 3.8) is 0 Å². The van der Waals surface area contributed by atoms with Crippen LogP contribution >= 0.6 is 12.2 Å². The molecular formula is C23H28N4OS. The quantitative estimate of drug-likeness (QED) is 0.732. The highest BCUT2D eigenvalue weighted by Crippen LogP contribution is 2.38. The Kier molecular flexibility index (Phi) is 6.09. The summed E-state index contributed by atoms with van der Waals surface area (Å²) in [7, 11) is 0. The lowest BCUT2D eigenvalue weighted by Crippen LogP contribution is -2.45. The second-order valence-electron chi connectivity index (χ2n) is 8.03. The number of nitrogens with zero attached hydrogens (tertiary/aromatic N) is 2. The van der Waals surface area contributed by atoms with Crippen LogP contribution in [0, 0.1) is 0 Å².